The molecule has 0 saturated heterocycles. The van der Waals surface area contributed by atoms with Crippen molar-refractivity contribution in [3.05, 3.63) is 30.5 Å². The first kappa shape index (κ1) is 11.0. The van der Waals surface area contributed by atoms with Gasteiger partial charge in [0, 0.05) is 17.0 Å². The molecule has 0 radical (unpaired) electrons. The predicted molar refractivity (Wildman–Crippen MR) is 56.9 cm³/mol. The number of fused-ring (bicyclic) bond motifs is 1. The molecular weight excluding hydrogens is 224 g/mol. The zero-order valence-electron chi connectivity index (χ0n) is 7.10. The number of H-pyrrole nitrogens is 1. The number of aromatic amines is 1. The summed E-state index contributed by atoms with van der Waals surface area (Å²) in [4.78, 5) is 2.64. The van der Waals surface area contributed by atoms with E-state index in [1.165, 1.54) is 0 Å². The van der Waals surface area contributed by atoms with Gasteiger partial charge in [-0.05, 0) is 0 Å². The van der Waals surface area contributed by atoms with Gasteiger partial charge in [0.2, 0.25) is 0 Å². The summed E-state index contributed by atoms with van der Waals surface area (Å²) >= 11 is 0. The van der Waals surface area contributed by atoms with Crippen LogP contribution in [0.1, 0.15) is 0 Å². The Labute approximate surface area is 87.6 Å². The van der Waals surface area contributed by atoms with Gasteiger partial charge in [0.05, 0.1) is 0 Å². The van der Waals surface area contributed by atoms with Gasteiger partial charge in [-0.25, -0.2) is 13.6 Å². The Morgan fingerprint density at radius 1 is 1.21 bits per heavy atom. The van der Waals surface area contributed by atoms with Crippen molar-refractivity contribution in [1.82, 2.24) is 4.98 Å². The summed E-state index contributed by atoms with van der Waals surface area (Å²) in [6.45, 7) is 0. The normalized spacial score (nSPS) is 11.2. The lowest BCUT2D eigenvalue weighted by Crippen LogP contribution is -2.12. The fraction of sp³-hybridized carbons (Fsp3) is 0. The van der Waals surface area contributed by atoms with Crippen LogP contribution in [0, 0.1) is 0 Å². The van der Waals surface area contributed by atoms with Crippen LogP contribution in [-0.2, 0) is 10.0 Å². The monoisotopic (exact) mass is 232 g/mol. The van der Waals surface area contributed by atoms with E-state index in [9.17, 15) is 8.42 Å². The van der Waals surface area contributed by atoms with E-state index in [-0.39, 0.29) is 17.4 Å². The third kappa shape index (κ3) is 1.75. The molecule has 0 atom stereocenters. The topological polar surface area (TPSA) is 76.0 Å². The van der Waals surface area contributed by atoms with Crippen molar-refractivity contribution in [2.75, 3.05) is 0 Å². The molecule has 6 heteroatoms. The van der Waals surface area contributed by atoms with E-state index >= 15 is 0 Å². The van der Waals surface area contributed by atoms with E-state index in [0.29, 0.717) is 5.39 Å². The van der Waals surface area contributed by atoms with E-state index in [4.69, 9.17) is 5.14 Å². The quantitative estimate of drug-likeness (QED) is 0.776. The summed E-state index contributed by atoms with van der Waals surface area (Å²) in [7, 11) is -3.64. The first-order valence-electron chi connectivity index (χ1n) is 3.68. The molecule has 0 aliphatic heterocycles. The van der Waals surface area contributed by atoms with Crippen LogP contribution in [0.2, 0.25) is 0 Å². The van der Waals surface area contributed by atoms with Crippen molar-refractivity contribution in [2.45, 2.75) is 5.03 Å². The maximum atomic E-state index is 11.1. The molecule has 2 rings (SSSR count). The lowest BCUT2D eigenvalue weighted by Gasteiger charge is -1.93. The van der Waals surface area contributed by atoms with Gasteiger partial charge in [0.25, 0.3) is 10.0 Å². The molecule has 3 N–H and O–H groups in total. The maximum absolute atomic E-state index is 11.1. The van der Waals surface area contributed by atoms with Crippen molar-refractivity contribution in [2.24, 2.45) is 5.14 Å². The Morgan fingerprint density at radius 3 is 2.50 bits per heavy atom. The van der Waals surface area contributed by atoms with Crippen LogP contribution in [0.15, 0.2) is 35.5 Å². The van der Waals surface area contributed by atoms with Gasteiger partial charge in [-0.15, -0.1) is 12.4 Å². The van der Waals surface area contributed by atoms with Gasteiger partial charge in [0.15, 0.2) is 5.03 Å². The molecule has 4 nitrogen and oxygen atoms in total. The van der Waals surface area contributed by atoms with E-state index in [1.807, 2.05) is 12.1 Å². The number of rotatable bonds is 1. The summed E-state index contributed by atoms with van der Waals surface area (Å²) in [6, 6.07) is 7.14. The van der Waals surface area contributed by atoms with Gasteiger partial charge >= 0.3 is 0 Å². The molecule has 14 heavy (non-hydrogen) atoms. The SMILES string of the molecule is Cl.NS(=O)(=O)c1[nH]cc2ccccc12. The minimum absolute atomic E-state index is 0. The maximum Gasteiger partial charge on any atom is 0.254 e. The van der Waals surface area contributed by atoms with Crippen molar-refractivity contribution >= 4 is 33.2 Å². The molecule has 0 bridgehead atoms. The van der Waals surface area contributed by atoms with E-state index < -0.39 is 10.0 Å². The minimum Gasteiger partial charge on any atom is -0.350 e. The Morgan fingerprint density at radius 2 is 1.86 bits per heavy atom. The Bertz CT molecular complexity index is 547. The van der Waals surface area contributed by atoms with Gasteiger partial charge in [-0.2, -0.15) is 0 Å². The van der Waals surface area contributed by atoms with Crippen LogP contribution in [0.5, 0.6) is 0 Å². The highest BCUT2D eigenvalue weighted by atomic mass is 35.5. The number of hydrogen-bond acceptors (Lipinski definition) is 2. The first-order chi connectivity index (χ1) is 6.09. The average Bonchev–Trinajstić information content (AvgIpc) is 2.45. The number of nitrogens with two attached hydrogens (primary N) is 1. The van der Waals surface area contributed by atoms with Crippen LogP contribution in [-0.4, -0.2) is 13.4 Å². The van der Waals surface area contributed by atoms with Crippen molar-refractivity contribution in [3.8, 4) is 0 Å². The van der Waals surface area contributed by atoms with Gasteiger partial charge in [-0.1, -0.05) is 24.3 Å². The Hall–Kier alpha value is -1.04. The molecule has 2 aromatic rings. The Balaban J connectivity index is 0.000000980. The third-order valence-corrected chi connectivity index (χ3v) is 2.76. The number of benzene rings is 1. The highest BCUT2D eigenvalue weighted by Crippen LogP contribution is 2.20. The highest BCUT2D eigenvalue weighted by molar-refractivity contribution is 7.89. The van der Waals surface area contributed by atoms with Crippen LogP contribution in [0.3, 0.4) is 0 Å². The fourth-order valence-corrected chi connectivity index (χ4v) is 2.00. The zero-order valence-corrected chi connectivity index (χ0v) is 8.73. The molecule has 0 fully saturated rings. The van der Waals surface area contributed by atoms with Crippen LogP contribution < -0.4 is 5.14 Å². The van der Waals surface area contributed by atoms with Crippen LogP contribution >= 0.6 is 12.4 Å². The number of aromatic nitrogens is 1. The molecule has 0 amide bonds. The smallest absolute Gasteiger partial charge is 0.254 e. The summed E-state index contributed by atoms with van der Waals surface area (Å²) in [5, 5.41) is 6.55. The van der Waals surface area contributed by atoms with E-state index in [2.05, 4.69) is 4.98 Å². The largest absolute Gasteiger partial charge is 0.350 e. The average molecular weight is 233 g/mol. The van der Waals surface area contributed by atoms with Crippen LogP contribution in [0.25, 0.3) is 10.8 Å². The lowest BCUT2D eigenvalue weighted by molar-refractivity contribution is 0.596. The molecule has 0 unspecified atom stereocenters. The van der Waals surface area contributed by atoms with Gasteiger partial charge in [0.1, 0.15) is 0 Å². The highest BCUT2D eigenvalue weighted by Gasteiger charge is 2.12. The second kappa shape index (κ2) is 3.61. The first-order valence-corrected chi connectivity index (χ1v) is 5.22. The van der Waals surface area contributed by atoms with Crippen LogP contribution in [0.4, 0.5) is 0 Å². The van der Waals surface area contributed by atoms with Crippen molar-refractivity contribution in [1.29, 1.82) is 0 Å². The fourth-order valence-electron chi connectivity index (χ4n) is 1.29. The number of nitrogens with one attached hydrogen (secondary N) is 1. The number of sulfonamides is 1. The third-order valence-electron chi connectivity index (χ3n) is 1.85. The number of hydrogen-bond donors (Lipinski definition) is 2. The van der Waals surface area contributed by atoms with Gasteiger partial charge in [-0.3, -0.25) is 0 Å². The van der Waals surface area contributed by atoms with Gasteiger partial charge < -0.3 is 4.98 Å². The molecule has 1 aromatic heterocycles. The summed E-state index contributed by atoms with van der Waals surface area (Å²) in [5.74, 6) is 0. The molecular formula is C8H9ClN2O2S. The predicted octanol–water partition coefficient (Wildman–Crippen LogP) is 1.24. The summed E-state index contributed by atoms with van der Waals surface area (Å²) in [6.07, 6.45) is 1.62. The Kier molecular flexibility index (Phi) is 2.84. The minimum atomic E-state index is -3.64. The molecule has 0 aliphatic carbocycles. The van der Waals surface area contributed by atoms with Crippen molar-refractivity contribution < 1.29 is 8.42 Å². The number of halogens is 1. The van der Waals surface area contributed by atoms with Crippen molar-refractivity contribution in [3.63, 3.8) is 0 Å². The zero-order chi connectivity index (χ0) is 9.47. The summed E-state index contributed by atoms with van der Waals surface area (Å²) in [5.41, 5.74) is 0. The second-order valence-electron chi connectivity index (χ2n) is 2.75. The molecule has 0 aliphatic rings. The molecule has 1 aromatic carbocycles. The summed E-state index contributed by atoms with van der Waals surface area (Å²) < 4.78 is 22.1. The van der Waals surface area contributed by atoms with E-state index in [0.717, 1.165) is 5.39 Å². The molecule has 1 heterocycles. The lowest BCUT2D eigenvalue weighted by atomic mass is 10.2. The molecule has 0 saturated carbocycles. The standard InChI is InChI=1S/C8H8N2O2S.ClH/c9-13(11,12)8-7-4-2-1-3-6(7)5-10-8;/h1-5,10H,(H2,9,11,12);1H. The second-order valence-corrected chi connectivity index (χ2v) is 4.25. The molecule has 76 valence electrons. The van der Waals surface area contributed by atoms with E-state index in [1.54, 1.807) is 18.3 Å². The number of primary sulfonamides is 1. The molecule has 0 spiro atoms.